The van der Waals surface area contributed by atoms with Crippen LogP contribution in [0.25, 0.3) is 11.0 Å². The largest absolute Gasteiger partial charge is 0.481 e. The summed E-state index contributed by atoms with van der Waals surface area (Å²) >= 11 is 0. The Bertz CT molecular complexity index is 1480. The Labute approximate surface area is 232 Å². The molecular formula is C29H34ClN5O4. The maximum absolute atomic E-state index is 13.9. The summed E-state index contributed by atoms with van der Waals surface area (Å²) in [6, 6.07) is 12.9. The van der Waals surface area contributed by atoms with Crippen molar-refractivity contribution >= 4 is 41.2 Å². The first-order valence-electron chi connectivity index (χ1n) is 13.2. The van der Waals surface area contributed by atoms with Crippen molar-refractivity contribution in [1.82, 2.24) is 14.5 Å². The van der Waals surface area contributed by atoms with Gasteiger partial charge in [0.1, 0.15) is 11.5 Å². The van der Waals surface area contributed by atoms with Crippen LogP contribution in [0.4, 0.5) is 0 Å². The van der Waals surface area contributed by atoms with Crippen LogP contribution in [0, 0.1) is 5.41 Å². The second-order valence-corrected chi connectivity index (χ2v) is 10.6. The van der Waals surface area contributed by atoms with Crippen molar-refractivity contribution in [3.63, 3.8) is 0 Å². The number of rotatable bonds is 8. The molecular weight excluding hydrogens is 518 g/mol. The van der Waals surface area contributed by atoms with E-state index in [0.717, 1.165) is 43.2 Å². The molecule has 1 unspecified atom stereocenters. The third-order valence-electron chi connectivity index (χ3n) is 8.07. The number of nitrogens with one attached hydrogen (secondary N) is 1. The molecule has 2 aromatic carbocycles. The van der Waals surface area contributed by atoms with E-state index < -0.39 is 11.4 Å². The highest BCUT2D eigenvalue weighted by Gasteiger charge is 2.54. The number of carboxylic acids is 1. The van der Waals surface area contributed by atoms with Gasteiger partial charge in [0.15, 0.2) is 0 Å². The molecule has 9 nitrogen and oxygen atoms in total. The average Bonchev–Trinajstić information content (AvgIpc) is 3.72. The molecule has 5 rings (SSSR count). The lowest BCUT2D eigenvalue weighted by Crippen LogP contribution is -2.48. The number of aryl methyl sites for hydroxylation is 1. The van der Waals surface area contributed by atoms with Crippen LogP contribution in [0.3, 0.4) is 0 Å². The molecule has 3 aromatic rings. The molecule has 2 fully saturated rings. The monoisotopic (exact) mass is 551 g/mol. The van der Waals surface area contributed by atoms with Crippen molar-refractivity contribution in [3.05, 3.63) is 75.2 Å². The van der Waals surface area contributed by atoms with Crippen LogP contribution in [0.1, 0.15) is 67.3 Å². The molecule has 1 aliphatic heterocycles. The lowest BCUT2D eigenvalue weighted by molar-refractivity contribution is -0.141. The fourth-order valence-corrected chi connectivity index (χ4v) is 5.69. The molecule has 39 heavy (non-hydrogen) atoms. The molecule has 1 aromatic heterocycles. The summed E-state index contributed by atoms with van der Waals surface area (Å²) in [5, 5.41) is 16.7. The number of nitrogens with two attached hydrogens (primary N) is 1. The standard InChI is InChI=1S/C29H33N5O4.ClH/c1-33-24-11-9-20(29(13-14-29)28(38)34-15-3-2-4-21(34)10-12-25(35)36)17-22(24)32-23(27(33)37)16-18-5-7-19(8-6-18)26(30)31;/h5-9,11,17,21H,2-4,10,12-16H2,1H3,(H3,30,31)(H,35,36);1H. The summed E-state index contributed by atoms with van der Waals surface area (Å²) in [5.41, 5.74) is 8.96. The number of carbonyl (C=O) groups is 2. The van der Waals surface area contributed by atoms with Crippen molar-refractivity contribution in [1.29, 1.82) is 5.41 Å². The van der Waals surface area contributed by atoms with Crippen LogP contribution in [0.2, 0.25) is 0 Å². The maximum atomic E-state index is 13.9. The fourth-order valence-electron chi connectivity index (χ4n) is 5.69. The fraction of sp³-hybridized carbons (Fsp3) is 0.414. The minimum atomic E-state index is -0.832. The molecule has 2 heterocycles. The Morgan fingerprint density at radius 3 is 2.51 bits per heavy atom. The van der Waals surface area contributed by atoms with Crippen LogP contribution < -0.4 is 11.3 Å². The molecule has 10 heteroatoms. The quantitative estimate of drug-likeness (QED) is 0.289. The van der Waals surface area contributed by atoms with E-state index in [4.69, 9.17) is 21.2 Å². The van der Waals surface area contributed by atoms with Gasteiger partial charge in [-0.3, -0.25) is 19.8 Å². The molecule has 1 aliphatic carbocycles. The summed E-state index contributed by atoms with van der Waals surface area (Å²) in [7, 11) is 1.73. The second kappa shape index (κ2) is 11.2. The molecule has 1 saturated heterocycles. The van der Waals surface area contributed by atoms with Crippen LogP contribution in [-0.2, 0) is 28.5 Å². The third-order valence-corrected chi connectivity index (χ3v) is 8.07. The normalized spacial score (nSPS) is 17.9. The number of nitrogen functional groups attached to an aromatic ring is 1. The minimum Gasteiger partial charge on any atom is -0.481 e. The van der Waals surface area contributed by atoms with Crippen molar-refractivity contribution in [2.45, 2.75) is 62.8 Å². The Morgan fingerprint density at radius 2 is 1.87 bits per heavy atom. The van der Waals surface area contributed by atoms with Gasteiger partial charge in [-0.05, 0) is 61.8 Å². The van der Waals surface area contributed by atoms with E-state index in [-0.39, 0.29) is 42.2 Å². The van der Waals surface area contributed by atoms with E-state index in [1.165, 1.54) is 0 Å². The second-order valence-electron chi connectivity index (χ2n) is 10.6. The highest BCUT2D eigenvalue weighted by Crippen LogP contribution is 2.51. The average molecular weight is 552 g/mol. The Hall–Kier alpha value is -3.72. The van der Waals surface area contributed by atoms with E-state index in [9.17, 15) is 14.4 Å². The van der Waals surface area contributed by atoms with E-state index in [0.29, 0.717) is 41.7 Å². The summed E-state index contributed by atoms with van der Waals surface area (Å²) < 4.78 is 1.60. The number of fused-ring (bicyclic) bond motifs is 1. The van der Waals surface area contributed by atoms with Gasteiger partial charge in [0.05, 0.1) is 16.4 Å². The van der Waals surface area contributed by atoms with Gasteiger partial charge in [-0.2, -0.15) is 0 Å². The van der Waals surface area contributed by atoms with Gasteiger partial charge < -0.3 is 20.3 Å². The topological polar surface area (TPSA) is 142 Å². The number of hydrogen-bond acceptors (Lipinski definition) is 5. The highest BCUT2D eigenvalue weighted by molar-refractivity contribution is 5.95. The lowest BCUT2D eigenvalue weighted by Gasteiger charge is -2.38. The summed E-state index contributed by atoms with van der Waals surface area (Å²) in [4.78, 5) is 44.7. The predicted octanol–water partition coefficient (Wildman–Crippen LogP) is 3.51. The number of aliphatic carboxylic acids is 1. The van der Waals surface area contributed by atoms with Crippen molar-refractivity contribution in [3.8, 4) is 0 Å². The third kappa shape index (κ3) is 5.54. The van der Waals surface area contributed by atoms with Crippen LogP contribution in [0.15, 0.2) is 47.3 Å². The molecule has 2 aliphatic rings. The van der Waals surface area contributed by atoms with Gasteiger partial charge in [-0.1, -0.05) is 30.3 Å². The number of benzene rings is 2. The van der Waals surface area contributed by atoms with Crippen molar-refractivity contribution in [2.24, 2.45) is 12.8 Å². The number of nitrogens with zero attached hydrogens (tertiary/aromatic N) is 3. The van der Waals surface area contributed by atoms with Gasteiger partial charge >= 0.3 is 5.97 Å². The number of carboxylic acid groups (broad SMARTS) is 1. The molecule has 0 spiro atoms. The zero-order chi connectivity index (χ0) is 27.0. The van der Waals surface area contributed by atoms with Gasteiger partial charge in [0.2, 0.25) is 5.91 Å². The molecule has 206 valence electrons. The van der Waals surface area contributed by atoms with Gasteiger partial charge in [-0.15, -0.1) is 12.4 Å². The van der Waals surface area contributed by atoms with E-state index in [2.05, 4.69) is 0 Å². The first-order valence-corrected chi connectivity index (χ1v) is 13.2. The smallest absolute Gasteiger partial charge is 0.303 e. The van der Waals surface area contributed by atoms with Crippen molar-refractivity contribution in [2.75, 3.05) is 6.54 Å². The molecule has 0 bridgehead atoms. The number of aromatic nitrogens is 2. The summed E-state index contributed by atoms with van der Waals surface area (Å²) in [6.45, 7) is 0.664. The lowest BCUT2D eigenvalue weighted by atomic mass is 9.90. The number of amidine groups is 1. The SMILES string of the molecule is Cl.Cn1c(=O)c(Cc2ccc(C(=N)N)cc2)nc2cc(C3(C(=O)N4CCCCC4CCC(=O)O)CC3)ccc21. The molecule has 4 N–H and O–H groups in total. The number of carbonyl (C=O) groups excluding carboxylic acids is 1. The first-order chi connectivity index (χ1) is 18.2. The van der Waals surface area contributed by atoms with Crippen LogP contribution in [-0.4, -0.2) is 49.9 Å². The van der Waals surface area contributed by atoms with Gasteiger partial charge in [0.25, 0.3) is 5.56 Å². The molecule has 1 saturated carbocycles. The summed E-state index contributed by atoms with van der Waals surface area (Å²) in [6.07, 6.45) is 5.17. The van der Waals surface area contributed by atoms with Gasteiger partial charge in [0, 0.05) is 38.0 Å². The van der Waals surface area contributed by atoms with Crippen LogP contribution >= 0.6 is 12.4 Å². The number of halogens is 1. The Morgan fingerprint density at radius 1 is 1.15 bits per heavy atom. The predicted molar refractivity (Wildman–Crippen MR) is 152 cm³/mol. The van der Waals surface area contributed by atoms with E-state index in [1.807, 2.05) is 35.2 Å². The number of amides is 1. The number of piperidine rings is 1. The minimum absolute atomic E-state index is 0. The van der Waals surface area contributed by atoms with E-state index in [1.54, 1.807) is 23.7 Å². The highest BCUT2D eigenvalue weighted by atomic mass is 35.5. The maximum Gasteiger partial charge on any atom is 0.303 e. The molecule has 1 amide bonds. The van der Waals surface area contributed by atoms with Gasteiger partial charge in [-0.25, -0.2) is 4.98 Å². The molecule has 0 radical (unpaired) electrons. The first kappa shape index (κ1) is 28.3. The zero-order valence-corrected chi connectivity index (χ0v) is 22.8. The zero-order valence-electron chi connectivity index (χ0n) is 22.0. The van der Waals surface area contributed by atoms with Crippen LogP contribution in [0.5, 0.6) is 0 Å². The Kier molecular flexibility index (Phi) is 8.11. The number of likely N-dealkylation sites (tertiary alicyclic amines) is 1. The molecule has 1 atom stereocenters. The number of hydrogen-bond donors (Lipinski definition) is 3. The Balaban J connectivity index is 0.00000353. The summed E-state index contributed by atoms with van der Waals surface area (Å²) in [5.74, 6) is -0.756. The van der Waals surface area contributed by atoms with Crippen molar-refractivity contribution < 1.29 is 14.7 Å². The van der Waals surface area contributed by atoms with E-state index >= 15 is 0 Å².